The van der Waals surface area contributed by atoms with Crippen molar-refractivity contribution in [1.82, 2.24) is 10.6 Å². The molecule has 5 heteroatoms. The summed E-state index contributed by atoms with van der Waals surface area (Å²) in [5, 5.41) is 5.62. The topological polar surface area (TPSA) is 59.6 Å². The highest BCUT2D eigenvalue weighted by molar-refractivity contribution is 5.73. The van der Waals surface area contributed by atoms with Crippen molar-refractivity contribution in [2.24, 2.45) is 0 Å². The predicted octanol–water partition coefficient (Wildman–Crippen LogP) is 2.26. The largest absolute Gasteiger partial charge is 0.493 e. The molecule has 2 amide bonds. The van der Waals surface area contributed by atoms with Gasteiger partial charge in [-0.15, -0.1) is 0 Å². The fourth-order valence-electron chi connectivity index (χ4n) is 1.90. The molecule has 2 N–H and O–H groups in total. The number of benzene rings is 1. The second-order valence-corrected chi connectivity index (χ2v) is 4.57. The summed E-state index contributed by atoms with van der Waals surface area (Å²) in [5.41, 5.74) is 2.26. The van der Waals surface area contributed by atoms with Crippen LogP contribution in [-0.2, 0) is 6.42 Å². The first-order valence-corrected chi connectivity index (χ1v) is 6.85. The van der Waals surface area contributed by atoms with E-state index in [2.05, 4.69) is 10.6 Å². The van der Waals surface area contributed by atoms with E-state index in [1.807, 2.05) is 26.0 Å². The number of nitrogens with one attached hydrogen (secondary N) is 2. The Labute approximate surface area is 120 Å². The van der Waals surface area contributed by atoms with Gasteiger partial charge in [-0.05, 0) is 43.0 Å². The van der Waals surface area contributed by atoms with Gasteiger partial charge in [-0.1, -0.05) is 6.92 Å². The van der Waals surface area contributed by atoms with Gasteiger partial charge >= 0.3 is 6.03 Å². The minimum absolute atomic E-state index is 0.120. The fourth-order valence-corrected chi connectivity index (χ4v) is 1.90. The number of hydrogen-bond acceptors (Lipinski definition) is 3. The SMILES string of the molecule is CCCNC(=O)NCCc1cc(OC)c(OC)cc1C. The van der Waals surface area contributed by atoms with E-state index in [9.17, 15) is 4.79 Å². The lowest BCUT2D eigenvalue weighted by atomic mass is 10.0. The highest BCUT2D eigenvalue weighted by Crippen LogP contribution is 2.30. The molecule has 0 aliphatic carbocycles. The van der Waals surface area contributed by atoms with E-state index in [-0.39, 0.29) is 6.03 Å². The summed E-state index contributed by atoms with van der Waals surface area (Å²) in [6.45, 7) is 5.33. The van der Waals surface area contributed by atoms with Gasteiger partial charge in [-0.25, -0.2) is 4.79 Å². The van der Waals surface area contributed by atoms with E-state index in [1.54, 1.807) is 14.2 Å². The zero-order valence-electron chi connectivity index (χ0n) is 12.7. The second kappa shape index (κ2) is 8.30. The maximum Gasteiger partial charge on any atom is 0.314 e. The number of urea groups is 1. The van der Waals surface area contributed by atoms with Crippen molar-refractivity contribution < 1.29 is 14.3 Å². The Balaban J connectivity index is 2.57. The van der Waals surface area contributed by atoms with Crippen molar-refractivity contribution in [2.75, 3.05) is 27.3 Å². The summed E-state index contributed by atoms with van der Waals surface area (Å²) in [6.07, 6.45) is 1.69. The molecule has 20 heavy (non-hydrogen) atoms. The van der Waals surface area contributed by atoms with Gasteiger partial charge in [0.1, 0.15) is 0 Å². The van der Waals surface area contributed by atoms with E-state index in [4.69, 9.17) is 9.47 Å². The molecule has 0 heterocycles. The molecule has 0 radical (unpaired) electrons. The van der Waals surface area contributed by atoms with Crippen molar-refractivity contribution >= 4 is 6.03 Å². The first-order valence-electron chi connectivity index (χ1n) is 6.85. The van der Waals surface area contributed by atoms with E-state index >= 15 is 0 Å². The molecule has 0 unspecified atom stereocenters. The summed E-state index contributed by atoms with van der Waals surface area (Å²) < 4.78 is 10.5. The minimum atomic E-state index is -0.120. The van der Waals surface area contributed by atoms with Gasteiger partial charge in [0.15, 0.2) is 11.5 Å². The quantitative estimate of drug-likeness (QED) is 0.805. The number of carbonyl (C=O) groups excluding carboxylic acids is 1. The number of amides is 2. The summed E-state index contributed by atoms with van der Waals surface area (Å²) >= 11 is 0. The van der Waals surface area contributed by atoms with Gasteiger partial charge in [0.2, 0.25) is 0 Å². The molecule has 1 rings (SSSR count). The van der Waals surface area contributed by atoms with Crippen LogP contribution in [0.5, 0.6) is 11.5 Å². The molecule has 0 aliphatic rings. The molecule has 0 spiro atoms. The fraction of sp³-hybridized carbons (Fsp3) is 0.533. The zero-order chi connectivity index (χ0) is 15.0. The van der Waals surface area contributed by atoms with Gasteiger partial charge < -0.3 is 20.1 Å². The number of rotatable bonds is 7. The minimum Gasteiger partial charge on any atom is -0.493 e. The lowest BCUT2D eigenvalue weighted by Crippen LogP contribution is -2.36. The number of aryl methyl sites for hydroxylation is 1. The monoisotopic (exact) mass is 280 g/mol. The maximum absolute atomic E-state index is 11.4. The molecule has 0 aromatic heterocycles. The molecule has 0 atom stereocenters. The van der Waals surface area contributed by atoms with E-state index < -0.39 is 0 Å². The third-order valence-electron chi connectivity index (χ3n) is 3.06. The molecule has 5 nitrogen and oxygen atoms in total. The molecular formula is C15H24N2O3. The van der Waals surface area contributed by atoms with Crippen LogP contribution in [-0.4, -0.2) is 33.3 Å². The maximum atomic E-state index is 11.4. The zero-order valence-corrected chi connectivity index (χ0v) is 12.7. The summed E-state index contributed by atoms with van der Waals surface area (Å²) in [7, 11) is 3.24. The average molecular weight is 280 g/mol. The Morgan fingerprint density at radius 2 is 1.70 bits per heavy atom. The summed E-state index contributed by atoms with van der Waals surface area (Å²) in [5.74, 6) is 1.44. The van der Waals surface area contributed by atoms with Gasteiger partial charge in [0.25, 0.3) is 0 Å². The first-order chi connectivity index (χ1) is 9.62. The number of carbonyl (C=O) groups is 1. The van der Waals surface area contributed by atoms with E-state index in [0.717, 1.165) is 29.7 Å². The summed E-state index contributed by atoms with van der Waals surface area (Å²) in [6, 6.07) is 3.79. The highest BCUT2D eigenvalue weighted by atomic mass is 16.5. The summed E-state index contributed by atoms with van der Waals surface area (Å²) in [4.78, 5) is 11.4. The van der Waals surface area contributed by atoms with Crippen LogP contribution >= 0.6 is 0 Å². The molecule has 1 aromatic rings. The number of methoxy groups -OCH3 is 2. The van der Waals surface area contributed by atoms with Crippen LogP contribution in [0.4, 0.5) is 4.79 Å². The first kappa shape index (κ1) is 16.1. The predicted molar refractivity (Wildman–Crippen MR) is 79.7 cm³/mol. The Morgan fingerprint density at radius 1 is 1.10 bits per heavy atom. The smallest absolute Gasteiger partial charge is 0.314 e. The molecule has 0 saturated carbocycles. The van der Waals surface area contributed by atoms with Crippen molar-refractivity contribution in [3.8, 4) is 11.5 Å². The normalized spacial score (nSPS) is 10.0. The van der Waals surface area contributed by atoms with Crippen molar-refractivity contribution in [3.05, 3.63) is 23.3 Å². The van der Waals surface area contributed by atoms with E-state index in [1.165, 1.54) is 0 Å². The van der Waals surface area contributed by atoms with Gasteiger partial charge in [-0.2, -0.15) is 0 Å². The van der Waals surface area contributed by atoms with Crippen LogP contribution in [0.2, 0.25) is 0 Å². The molecule has 112 valence electrons. The Bertz CT molecular complexity index is 447. The van der Waals surface area contributed by atoms with Crippen molar-refractivity contribution in [3.63, 3.8) is 0 Å². The lowest BCUT2D eigenvalue weighted by Gasteiger charge is -2.13. The van der Waals surface area contributed by atoms with Crippen molar-refractivity contribution in [2.45, 2.75) is 26.7 Å². The Morgan fingerprint density at radius 3 is 2.30 bits per heavy atom. The van der Waals surface area contributed by atoms with Gasteiger partial charge in [0.05, 0.1) is 14.2 Å². The van der Waals surface area contributed by atoms with Crippen molar-refractivity contribution in [1.29, 1.82) is 0 Å². The lowest BCUT2D eigenvalue weighted by molar-refractivity contribution is 0.241. The molecule has 0 bridgehead atoms. The van der Waals surface area contributed by atoms with Crippen LogP contribution in [0, 0.1) is 6.92 Å². The van der Waals surface area contributed by atoms with Crippen LogP contribution < -0.4 is 20.1 Å². The van der Waals surface area contributed by atoms with Crippen LogP contribution in [0.25, 0.3) is 0 Å². The molecule has 0 fully saturated rings. The van der Waals surface area contributed by atoms with Crippen LogP contribution in [0.3, 0.4) is 0 Å². The van der Waals surface area contributed by atoms with Crippen LogP contribution in [0.15, 0.2) is 12.1 Å². The standard InChI is InChI=1S/C15H24N2O3/c1-5-7-16-15(18)17-8-6-12-10-14(20-4)13(19-3)9-11(12)2/h9-10H,5-8H2,1-4H3,(H2,16,17,18). The Hall–Kier alpha value is -1.91. The molecule has 0 aliphatic heterocycles. The van der Waals surface area contributed by atoms with E-state index in [0.29, 0.717) is 18.8 Å². The molecule has 1 aromatic carbocycles. The third kappa shape index (κ3) is 4.64. The van der Waals surface area contributed by atoms with Crippen LogP contribution in [0.1, 0.15) is 24.5 Å². The third-order valence-corrected chi connectivity index (χ3v) is 3.06. The molecule has 0 saturated heterocycles. The highest BCUT2D eigenvalue weighted by Gasteiger charge is 2.08. The number of hydrogen-bond donors (Lipinski definition) is 2. The average Bonchev–Trinajstić information content (AvgIpc) is 2.46. The van der Waals surface area contributed by atoms with Gasteiger partial charge in [0, 0.05) is 13.1 Å². The number of ether oxygens (including phenoxy) is 2. The second-order valence-electron chi connectivity index (χ2n) is 4.57. The molecular weight excluding hydrogens is 256 g/mol. The van der Waals surface area contributed by atoms with Gasteiger partial charge in [-0.3, -0.25) is 0 Å². The Kier molecular flexibility index (Phi) is 6.70.